The SMILES string of the molecule is Cc1c(F)c(C(=O)O)cc2ccsc12. The Morgan fingerprint density at radius 2 is 2.29 bits per heavy atom. The van der Waals surface area contributed by atoms with Gasteiger partial charge in [0.2, 0.25) is 0 Å². The second kappa shape index (κ2) is 3.06. The van der Waals surface area contributed by atoms with Crippen molar-refractivity contribution in [3.63, 3.8) is 0 Å². The van der Waals surface area contributed by atoms with Crippen molar-refractivity contribution in [3.8, 4) is 0 Å². The van der Waals surface area contributed by atoms with Crippen molar-refractivity contribution in [2.24, 2.45) is 0 Å². The van der Waals surface area contributed by atoms with E-state index in [1.54, 1.807) is 13.0 Å². The van der Waals surface area contributed by atoms with Gasteiger partial charge in [-0.3, -0.25) is 0 Å². The number of benzene rings is 1. The number of rotatable bonds is 1. The highest BCUT2D eigenvalue weighted by Gasteiger charge is 2.15. The number of carbonyl (C=O) groups is 1. The summed E-state index contributed by atoms with van der Waals surface area (Å²) < 4.78 is 14.3. The molecule has 0 radical (unpaired) electrons. The van der Waals surface area contributed by atoms with E-state index in [9.17, 15) is 9.18 Å². The quantitative estimate of drug-likeness (QED) is 0.785. The van der Waals surface area contributed by atoms with Crippen molar-refractivity contribution in [3.05, 3.63) is 34.5 Å². The molecule has 0 bridgehead atoms. The molecule has 0 aliphatic heterocycles. The van der Waals surface area contributed by atoms with Crippen LogP contribution >= 0.6 is 11.3 Å². The lowest BCUT2D eigenvalue weighted by Crippen LogP contribution is -2.01. The van der Waals surface area contributed by atoms with E-state index in [-0.39, 0.29) is 5.56 Å². The van der Waals surface area contributed by atoms with Gasteiger partial charge in [0, 0.05) is 10.3 Å². The Morgan fingerprint density at radius 3 is 2.93 bits per heavy atom. The molecule has 1 heterocycles. The summed E-state index contributed by atoms with van der Waals surface area (Å²) >= 11 is 1.42. The molecule has 72 valence electrons. The maximum absolute atomic E-state index is 13.5. The molecule has 0 saturated carbocycles. The van der Waals surface area contributed by atoms with E-state index < -0.39 is 11.8 Å². The van der Waals surface area contributed by atoms with E-state index in [2.05, 4.69) is 0 Å². The molecule has 0 aliphatic carbocycles. The molecular weight excluding hydrogens is 203 g/mol. The van der Waals surface area contributed by atoms with Crippen LogP contribution in [-0.2, 0) is 0 Å². The molecule has 2 aromatic rings. The molecule has 0 spiro atoms. The predicted molar refractivity (Wildman–Crippen MR) is 53.5 cm³/mol. The van der Waals surface area contributed by atoms with Crippen LogP contribution in [0.15, 0.2) is 17.5 Å². The maximum atomic E-state index is 13.5. The van der Waals surface area contributed by atoms with Crippen LogP contribution in [0.2, 0.25) is 0 Å². The summed E-state index contributed by atoms with van der Waals surface area (Å²) in [6.45, 7) is 1.60. The minimum Gasteiger partial charge on any atom is -0.478 e. The van der Waals surface area contributed by atoms with Crippen LogP contribution in [0.25, 0.3) is 10.1 Å². The summed E-state index contributed by atoms with van der Waals surface area (Å²) in [6.07, 6.45) is 0. The number of thiophene rings is 1. The first kappa shape index (κ1) is 9.15. The number of aryl methyl sites for hydroxylation is 1. The van der Waals surface area contributed by atoms with E-state index in [4.69, 9.17) is 5.11 Å². The third kappa shape index (κ3) is 1.19. The Morgan fingerprint density at radius 1 is 1.57 bits per heavy atom. The van der Waals surface area contributed by atoms with E-state index in [0.29, 0.717) is 5.56 Å². The van der Waals surface area contributed by atoms with Gasteiger partial charge in [0.05, 0.1) is 5.56 Å². The molecule has 2 rings (SSSR count). The number of hydrogen-bond acceptors (Lipinski definition) is 2. The summed E-state index contributed by atoms with van der Waals surface area (Å²) in [5, 5.41) is 11.4. The molecule has 1 N–H and O–H groups in total. The maximum Gasteiger partial charge on any atom is 0.338 e. The molecule has 0 fully saturated rings. The van der Waals surface area contributed by atoms with Gasteiger partial charge in [0.15, 0.2) is 0 Å². The Hall–Kier alpha value is -1.42. The number of hydrogen-bond donors (Lipinski definition) is 1. The van der Waals surface area contributed by atoms with E-state index >= 15 is 0 Å². The van der Waals surface area contributed by atoms with Crippen molar-refractivity contribution in [2.75, 3.05) is 0 Å². The van der Waals surface area contributed by atoms with E-state index in [0.717, 1.165) is 10.1 Å². The lowest BCUT2D eigenvalue weighted by molar-refractivity contribution is 0.0692. The second-order valence-corrected chi connectivity index (χ2v) is 3.92. The molecule has 2 nitrogen and oxygen atoms in total. The Bertz CT molecular complexity index is 516. The monoisotopic (exact) mass is 210 g/mol. The van der Waals surface area contributed by atoms with Gasteiger partial charge in [0.1, 0.15) is 5.82 Å². The topological polar surface area (TPSA) is 37.3 Å². The lowest BCUT2D eigenvalue weighted by Gasteiger charge is -2.02. The lowest BCUT2D eigenvalue weighted by atomic mass is 10.1. The van der Waals surface area contributed by atoms with Gasteiger partial charge in [-0.2, -0.15) is 0 Å². The van der Waals surface area contributed by atoms with Gasteiger partial charge in [-0.1, -0.05) is 0 Å². The first-order valence-corrected chi connectivity index (χ1v) is 4.89. The molecule has 0 atom stereocenters. The molecule has 0 saturated heterocycles. The van der Waals surface area contributed by atoms with Gasteiger partial charge in [0.25, 0.3) is 0 Å². The van der Waals surface area contributed by atoms with E-state index in [1.807, 2.05) is 5.38 Å². The molecule has 0 amide bonds. The second-order valence-electron chi connectivity index (χ2n) is 3.01. The minimum absolute atomic E-state index is 0.256. The van der Waals surface area contributed by atoms with Gasteiger partial charge in [-0.15, -0.1) is 11.3 Å². The highest BCUT2D eigenvalue weighted by atomic mass is 32.1. The Kier molecular flexibility index (Phi) is 2.00. The first-order chi connectivity index (χ1) is 6.61. The van der Waals surface area contributed by atoms with Crippen LogP contribution in [0.5, 0.6) is 0 Å². The largest absolute Gasteiger partial charge is 0.478 e. The van der Waals surface area contributed by atoms with Gasteiger partial charge in [-0.05, 0) is 29.8 Å². The third-order valence-corrected chi connectivity index (χ3v) is 3.18. The highest BCUT2D eigenvalue weighted by Crippen LogP contribution is 2.28. The molecule has 1 aromatic carbocycles. The van der Waals surface area contributed by atoms with Crippen LogP contribution in [0, 0.1) is 12.7 Å². The zero-order chi connectivity index (χ0) is 10.3. The first-order valence-electron chi connectivity index (χ1n) is 4.01. The van der Waals surface area contributed by atoms with Crippen LogP contribution in [0.1, 0.15) is 15.9 Å². The van der Waals surface area contributed by atoms with Gasteiger partial charge < -0.3 is 5.11 Å². The fraction of sp³-hybridized carbons (Fsp3) is 0.100. The van der Waals surface area contributed by atoms with Crippen molar-refractivity contribution in [1.29, 1.82) is 0 Å². The zero-order valence-electron chi connectivity index (χ0n) is 7.37. The number of fused-ring (bicyclic) bond motifs is 1. The number of aromatic carboxylic acids is 1. The van der Waals surface area contributed by atoms with Crippen molar-refractivity contribution < 1.29 is 14.3 Å². The summed E-state index contributed by atoms with van der Waals surface area (Å²) in [5.41, 5.74) is 0.156. The van der Waals surface area contributed by atoms with Crippen molar-refractivity contribution in [1.82, 2.24) is 0 Å². The van der Waals surface area contributed by atoms with Crippen LogP contribution in [0.4, 0.5) is 4.39 Å². The Labute approximate surface area is 83.6 Å². The smallest absolute Gasteiger partial charge is 0.338 e. The van der Waals surface area contributed by atoms with Crippen molar-refractivity contribution in [2.45, 2.75) is 6.92 Å². The third-order valence-electron chi connectivity index (χ3n) is 2.13. The molecular formula is C10H7FO2S. The summed E-state index contributed by atoms with van der Waals surface area (Å²) in [5.74, 6) is -1.86. The standard InChI is InChI=1S/C10H7FO2S/c1-5-8(11)7(10(12)13)4-6-2-3-14-9(5)6/h2-4H,1H3,(H,12,13). The molecule has 4 heteroatoms. The molecule has 14 heavy (non-hydrogen) atoms. The molecule has 0 aliphatic rings. The summed E-state index contributed by atoms with van der Waals surface area (Å²) in [6, 6.07) is 3.16. The van der Waals surface area contributed by atoms with Crippen LogP contribution < -0.4 is 0 Å². The average Bonchev–Trinajstić information content (AvgIpc) is 2.58. The minimum atomic E-state index is -1.22. The highest BCUT2D eigenvalue weighted by molar-refractivity contribution is 7.17. The summed E-state index contributed by atoms with van der Waals surface area (Å²) in [4.78, 5) is 10.7. The fourth-order valence-corrected chi connectivity index (χ4v) is 2.29. The molecule has 0 unspecified atom stereocenters. The number of carboxylic acid groups (broad SMARTS) is 1. The predicted octanol–water partition coefficient (Wildman–Crippen LogP) is 3.05. The van der Waals surface area contributed by atoms with Crippen molar-refractivity contribution >= 4 is 27.4 Å². The van der Waals surface area contributed by atoms with Gasteiger partial charge >= 0.3 is 5.97 Å². The fourth-order valence-electron chi connectivity index (χ4n) is 1.41. The van der Waals surface area contributed by atoms with Crippen LogP contribution in [-0.4, -0.2) is 11.1 Å². The van der Waals surface area contributed by atoms with E-state index in [1.165, 1.54) is 17.4 Å². The normalized spacial score (nSPS) is 10.7. The van der Waals surface area contributed by atoms with Gasteiger partial charge in [-0.25, -0.2) is 9.18 Å². The Balaban J connectivity index is 2.87. The summed E-state index contributed by atoms with van der Waals surface area (Å²) in [7, 11) is 0. The number of halogens is 1. The van der Waals surface area contributed by atoms with Crippen LogP contribution in [0.3, 0.4) is 0 Å². The number of carboxylic acids is 1. The zero-order valence-corrected chi connectivity index (χ0v) is 8.19. The molecule has 1 aromatic heterocycles. The average molecular weight is 210 g/mol.